The van der Waals surface area contributed by atoms with Gasteiger partial charge in [-0.1, -0.05) is 48.5 Å². The van der Waals surface area contributed by atoms with Gasteiger partial charge in [-0.25, -0.2) is 0 Å². The van der Waals surface area contributed by atoms with Crippen LogP contribution in [0.5, 0.6) is 0 Å². The number of hydrogen-bond donors (Lipinski definition) is 3. The van der Waals surface area contributed by atoms with Gasteiger partial charge in [-0.2, -0.15) is 0 Å². The van der Waals surface area contributed by atoms with Crippen LogP contribution < -0.4 is 10.6 Å². The summed E-state index contributed by atoms with van der Waals surface area (Å²) in [5.74, 6) is -2.15. The SMILES string of the molecule is Cc1cccc(C)c1NC(=O)C1N(CCCCO)C(=O)[C@@H]2[C@H](C(=O)NCc3ccccc3)[C@]3(C)CCC12O3. The third-order valence-electron chi connectivity index (χ3n) is 8.65. The Balaban J connectivity index is 1.46. The topological polar surface area (TPSA) is 108 Å². The van der Waals surface area contributed by atoms with E-state index in [1.165, 1.54) is 0 Å². The molecule has 2 aromatic carbocycles. The molecule has 202 valence electrons. The van der Waals surface area contributed by atoms with Gasteiger partial charge >= 0.3 is 0 Å². The quantitative estimate of drug-likeness (QED) is 0.442. The molecule has 3 aliphatic rings. The molecule has 38 heavy (non-hydrogen) atoms. The lowest BCUT2D eigenvalue weighted by Gasteiger charge is -2.33. The van der Waals surface area contributed by atoms with Crippen LogP contribution >= 0.6 is 0 Å². The van der Waals surface area contributed by atoms with Crippen molar-refractivity contribution in [3.05, 3.63) is 65.2 Å². The van der Waals surface area contributed by atoms with E-state index in [0.29, 0.717) is 38.8 Å². The molecule has 5 rings (SSSR count). The average molecular weight is 520 g/mol. The fourth-order valence-corrected chi connectivity index (χ4v) is 6.86. The van der Waals surface area contributed by atoms with Crippen molar-refractivity contribution in [2.45, 2.75) is 70.2 Å². The van der Waals surface area contributed by atoms with E-state index in [1.807, 2.05) is 69.3 Å². The number of aliphatic hydroxyl groups is 1. The molecule has 0 radical (unpaired) electrons. The number of aryl methyl sites for hydroxylation is 2. The van der Waals surface area contributed by atoms with E-state index >= 15 is 0 Å². The first kappa shape index (κ1) is 26.4. The van der Waals surface area contributed by atoms with Crippen LogP contribution in [0, 0.1) is 25.7 Å². The van der Waals surface area contributed by atoms with Crippen molar-refractivity contribution in [1.29, 1.82) is 0 Å². The Labute approximate surface area is 223 Å². The summed E-state index contributed by atoms with van der Waals surface area (Å²) in [7, 11) is 0. The summed E-state index contributed by atoms with van der Waals surface area (Å²) in [6.07, 6.45) is 2.20. The zero-order valence-corrected chi connectivity index (χ0v) is 22.3. The van der Waals surface area contributed by atoms with Gasteiger partial charge in [0.25, 0.3) is 0 Å². The van der Waals surface area contributed by atoms with Crippen molar-refractivity contribution in [3.63, 3.8) is 0 Å². The second kappa shape index (κ2) is 10.2. The maximum Gasteiger partial charge on any atom is 0.250 e. The van der Waals surface area contributed by atoms with Crippen molar-refractivity contribution in [2.24, 2.45) is 11.8 Å². The third-order valence-corrected chi connectivity index (χ3v) is 8.65. The van der Waals surface area contributed by atoms with Gasteiger partial charge in [0.1, 0.15) is 11.6 Å². The number of nitrogens with one attached hydrogen (secondary N) is 2. The monoisotopic (exact) mass is 519 g/mol. The molecular formula is C30H37N3O5. The number of amides is 3. The highest BCUT2D eigenvalue weighted by atomic mass is 16.5. The minimum absolute atomic E-state index is 0.00889. The highest BCUT2D eigenvalue weighted by Gasteiger charge is 2.77. The van der Waals surface area contributed by atoms with E-state index in [4.69, 9.17) is 4.74 Å². The number of nitrogens with zero attached hydrogens (tertiary/aromatic N) is 1. The highest BCUT2D eigenvalue weighted by molar-refractivity contribution is 6.04. The molecule has 0 aromatic heterocycles. The van der Waals surface area contributed by atoms with Crippen LogP contribution in [0.1, 0.15) is 49.3 Å². The molecule has 3 saturated heterocycles. The van der Waals surface area contributed by atoms with Crippen LogP contribution in [0.15, 0.2) is 48.5 Å². The van der Waals surface area contributed by atoms with Gasteiger partial charge in [-0.05, 0) is 63.1 Å². The van der Waals surface area contributed by atoms with Crippen LogP contribution in [0.4, 0.5) is 5.69 Å². The van der Waals surface area contributed by atoms with Gasteiger partial charge in [0.2, 0.25) is 17.7 Å². The number of benzene rings is 2. The zero-order chi connectivity index (χ0) is 27.1. The number of hydrogen-bond acceptors (Lipinski definition) is 5. The van der Waals surface area contributed by atoms with E-state index in [1.54, 1.807) is 4.90 Å². The number of rotatable bonds is 9. The minimum Gasteiger partial charge on any atom is -0.396 e. The number of unbranched alkanes of at least 4 members (excludes halogenated alkanes) is 1. The largest absolute Gasteiger partial charge is 0.396 e. The molecule has 3 heterocycles. The van der Waals surface area contributed by atoms with Gasteiger partial charge in [-0.3, -0.25) is 14.4 Å². The normalized spacial score (nSPS) is 29.4. The molecule has 3 N–H and O–H groups in total. The molecule has 2 bridgehead atoms. The van der Waals surface area contributed by atoms with Gasteiger partial charge < -0.3 is 25.4 Å². The first-order chi connectivity index (χ1) is 18.2. The van der Waals surface area contributed by atoms with E-state index in [9.17, 15) is 19.5 Å². The van der Waals surface area contributed by atoms with E-state index in [0.717, 1.165) is 22.4 Å². The number of carbonyl (C=O) groups is 3. The zero-order valence-electron chi connectivity index (χ0n) is 22.3. The maximum atomic E-state index is 14.0. The Hall–Kier alpha value is -3.23. The van der Waals surface area contributed by atoms with Crippen molar-refractivity contribution < 1.29 is 24.2 Å². The summed E-state index contributed by atoms with van der Waals surface area (Å²) in [5, 5.41) is 15.5. The number of carbonyl (C=O) groups excluding carboxylic acids is 3. The standard InChI is InChI=1S/C30H37N3O5/c1-19-10-9-11-20(2)24(19)32-27(36)25-30-15-14-29(3,38-30)22(23(30)28(37)33(25)16-7-8-17-34)26(35)31-18-21-12-5-4-6-13-21/h4-6,9-13,22-23,25,34H,7-8,14-18H2,1-3H3,(H,31,35)(H,32,36)/t22-,23+,25?,29+,30?/m1/s1. The Morgan fingerprint density at radius 3 is 2.42 bits per heavy atom. The molecule has 2 unspecified atom stereocenters. The van der Waals surface area contributed by atoms with Gasteiger partial charge in [-0.15, -0.1) is 0 Å². The summed E-state index contributed by atoms with van der Waals surface area (Å²) >= 11 is 0. The first-order valence-electron chi connectivity index (χ1n) is 13.5. The average Bonchev–Trinajstić information content (AvgIpc) is 3.46. The van der Waals surface area contributed by atoms with Crippen molar-refractivity contribution in [2.75, 3.05) is 18.5 Å². The summed E-state index contributed by atoms with van der Waals surface area (Å²) in [6.45, 7) is 6.46. The summed E-state index contributed by atoms with van der Waals surface area (Å²) < 4.78 is 6.66. The van der Waals surface area contributed by atoms with Crippen LogP contribution in [-0.2, 0) is 25.7 Å². The van der Waals surface area contributed by atoms with Gasteiger partial charge in [0.05, 0.1) is 17.4 Å². The minimum atomic E-state index is -1.07. The van der Waals surface area contributed by atoms with E-state index in [2.05, 4.69) is 10.6 Å². The number of ether oxygens (including phenoxy) is 1. The Morgan fingerprint density at radius 1 is 1.03 bits per heavy atom. The van der Waals surface area contributed by atoms with Crippen molar-refractivity contribution >= 4 is 23.4 Å². The number of fused-ring (bicyclic) bond motifs is 1. The molecule has 5 atom stereocenters. The fraction of sp³-hybridized carbons (Fsp3) is 0.500. The summed E-state index contributed by atoms with van der Waals surface area (Å²) in [5.41, 5.74) is 1.68. The predicted octanol–water partition coefficient (Wildman–Crippen LogP) is 3.10. The maximum absolute atomic E-state index is 14.0. The first-order valence-corrected chi connectivity index (χ1v) is 13.5. The molecule has 8 heteroatoms. The van der Waals surface area contributed by atoms with Crippen molar-refractivity contribution in [3.8, 4) is 0 Å². The van der Waals surface area contributed by atoms with Gasteiger partial charge in [0.15, 0.2) is 0 Å². The lowest BCUT2D eigenvalue weighted by molar-refractivity contribution is -0.144. The number of anilines is 1. The second-order valence-electron chi connectivity index (χ2n) is 11.1. The number of para-hydroxylation sites is 1. The number of aliphatic hydroxyl groups excluding tert-OH is 1. The smallest absolute Gasteiger partial charge is 0.250 e. The molecule has 3 amide bonds. The van der Waals surface area contributed by atoms with Crippen LogP contribution in [0.2, 0.25) is 0 Å². The predicted molar refractivity (Wildman–Crippen MR) is 143 cm³/mol. The molecule has 8 nitrogen and oxygen atoms in total. The molecule has 2 aromatic rings. The van der Waals surface area contributed by atoms with Crippen LogP contribution in [0.25, 0.3) is 0 Å². The second-order valence-corrected chi connectivity index (χ2v) is 11.1. The molecule has 0 aliphatic carbocycles. The van der Waals surface area contributed by atoms with E-state index < -0.39 is 29.1 Å². The van der Waals surface area contributed by atoms with E-state index in [-0.39, 0.29) is 24.3 Å². The Bertz CT molecular complexity index is 1210. The van der Waals surface area contributed by atoms with Crippen LogP contribution in [-0.4, -0.2) is 58.1 Å². The Kier molecular flexibility index (Phi) is 7.05. The Morgan fingerprint density at radius 2 is 1.74 bits per heavy atom. The fourth-order valence-electron chi connectivity index (χ4n) is 6.86. The molecule has 1 spiro atoms. The highest BCUT2D eigenvalue weighted by Crippen LogP contribution is 2.63. The summed E-state index contributed by atoms with van der Waals surface area (Å²) in [6, 6.07) is 14.6. The lowest BCUT2D eigenvalue weighted by Crippen LogP contribution is -2.53. The summed E-state index contributed by atoms with van der Waals surface area (Å²) in [4.78, 5) is 43.2. The number of likely N-dealkylation sites (tertiary alicyclic amines) is 1. The molecular weight excluding hydrogens is 482 g/mol. The van der Waals surface area contributed by atoms with Crippen LogP contribution in [0.3, 0.4) is 0 Å². The molecule has 3 aliphatic heterocycles. The molecule has 3 fully saturated rings. The van der Waals surface area contributed by atoms with Crippen molar-refractivity contribution in [1.82, 2.24) is 10.2 Å². The third kappa shape index (κ3) is 4.29. The lowest BCUT2D eigenvalue weighted by atomic mass is 9.66. The molecule has 0 saturated carbocycles. The van der Waals surface area contributed by atoms with Gasteiger partial charge in [0, 0.05) is 25.4 Å².